The summed E-state index contributed by atoms with van der Waals surface area (Å²) in [5, 5.41) is 6.07. The van der Waals surface area contributed by atoms with E-state index in [0.717, 1.165) is 12.8 Å². The second kappa shape index (κ2) is 8.84. The molecular formula is C15H30N2O5S. The third-order valence-corrected chi connectivity index (χ3v) is 5.24. The number of alkyl carbamates (subject to hydrolysis) is 1. The van der Waals surface area contributed by atoms with Crippen molar-refractivity contribution in [2.45, 2.75) is 57.7 Å². The van der Waals surface area contributed by atoms with Gasteiger partial charge >= 0.3 is 6.09 Å². The van der Waals surface area contributed by atoms with E-state index in [9.17, 15) is 13.2 Å². The molecule has 0 aromatic rings. The average Bonchev–Trinajstić information content (AvgIpc) is 2.72. The molecule has 0 radical (unpaired) electrons. The Kier molecular flexibility index (Phi) is 7.76. The lowest BCUT2D eigenvalue weighted by molar-refractivity contribution is 0.0526. The fourth-order valence-corrected chi connectivity index (χ4v) is 4.22. The van der Waals surface area contributed by atoms with E-state index in [-0.39, 0.29) is 23.6 Å². The maximum absolute atomic E-state index is 11.5. The lowest BCUT2D eigenvalue weighted by Gasteiger charge is -2.22. The number of rotatable bonds is 8. The number of sulfone groups is 1. The molecule has 1 saturated heterocycles. The van der Waals surface area contributed by atoms with Gasteiger partial charge in [0.2, 0.25) is 0 Å². The van der Waals surface area contributed by atoms with Crippen molar-refractivity contribution in [2.75, 3.05) is 31.8 Å². The maximum atomic E-state index is 11.5. The summed E-state index contributed by atoms with van der Waals surface area (Å²) in [6.07, 6.45) is 1.79. The number of ether oxygens (including phenoxy) is 2. The molecule has 8 heteroatoms. The van der Waals surface area contributed by atoms with Gasteiger partial charge in [-0.15, -0.1) is 0 Å². The Morgan fingerprint density at radius 3 is 2.57 bits per heavy atom. The molecule has 0 aromatic carbocycles. The number of methoxy groups -OCH3 is 1. The van der Waals surface area contributed by atoms with Crippen molar-refractivity contribution in [1.29, 1.82) is 0 Å². The molecule has 2 N–H and O–H groups in total. The summed E-state index contributed by atoms with van der Waals surface area (Å²) in [5.74, 6) is 0.452. The van der Waals surface area contributed by atoms with Crippen molar-refractivity contribution in [3.8, 4) is 0 Å². The van der Waals surface area contributed by atoms with Crippen molar-refractivity contribution < 1.29 is 22.7 Å². The molecule has 1 fully saturated rings. The predicted molar refractivity (Wildman–Crippen MR) is 89.3 cm³/mol. The normalized spacial score (nSPS) is 21.8. The summed E-state index contributed by atoms with van der Waals surface area (Å²) in [6.45, 7) is 6.49. The van der Waals surface area contributed by atoms with E-state index in [1.807, 2.05) is 20.8 Å². The Bertz CT molecular complexity index is 473. The van der Waals surface area contributed by atoms with Crippen molar-refractivity contribution in [3.05, 3.63) is 0 Å². The number of hydrogen-bond acceptors (Lipinski definition) is 6. The molecule has 0 spiro atoms. The van der Waals surface area contributed by atoms with Crippen LogP contribution in [0.15, 0.2) is 0 Å². The van der Waals surface area contributed by atoms with Crippen LogP contribution in [0.3, 0.4) is 0 Å². The van der Waals surface area contributed by atoms with E-state index in [4.69, 9.17) is 9.47 Å². The van der Waals surface area contributed by atoms with Gasteiger partial charge < -0.3 is 20.1 Å². The van der Waals surface area contributed by atoms with Gasteiger partial charge in [-0.05, 0) is 40.0 Å². The Morgan fingerprint density at radius 1 is 1.35 bits per heavy atom. The second-order valence-corrected chi connectivity index (χ2v) is 9.22. The van der Waals surface area contributed by atoms with Crippen LogP contribution in [-0.4, -0.2) is 64.0 Å². The number of carbonyl (C=O) groups excluding carboxylic acids is 1. The molecule has 0 aromatic heterocycles. The van der Waals surface area contributed by atoms with Crippen LogP contribution in [0.1, 0.15) is 40.0 Å². The molecule has 1 aliphatic rings. The number of nitrogens with one attached hydrogen (secondary N) is 2. The molecule has 1 aliphatic heterocycles. The molecule has 0 saturated carbocycles. The zero-order valence-corrected chi connectivity index (χ0v) is 15.4. The molecule has 2 unspecified atom stereocenters. The summed E-state index contributed by atoms with van der Waals surface area (Å²) < 4.78 is 33.3. The van der Waals surface area contributed by atoms with Crippen LogP contribution in [0.4, 0.5) is 4.79 Å². The van der Waals surface area contributed by atoms with Crippen LogP contribution in [-0.2, 0) is 19.3 Å². The predicted octanol–water partition coefficient (Wildman–Crippen LogP) is 1.08. The van der Waals surface area contributed by atoms with Gasteiger partial charge in [0.05, 0.1) is 18.1 Å². The lowest BCUT2D eigenvalue weighted by Crippen LogP contribution is -2.42. The highest BCUT2D eigenvalue weighted by molar-refractivity contribution is 7.91. The highest BCUT2D eigenvalue weighted by Gasteiger charge is 2.29. The molecule has 7 nitrogen and oxygen atoms in total. The minimum atomic E-state index is -2.89. The van der Waals surface area contributed by atoms with E-state index < -0.39 is 21.5 Å². The molecular weight excluding hydrogens is 320 g/mol. The first-order chi connectivity index (χ1) is 10.6. The first kappa shape index (κ1) is 20.2. The highest BCUT2D eigenvalue weighted by Crippen LogP contribution is 2.13. The van der Waals surface area contributed by atoms with Gasteiger partial charge in [0.1, 0.15) is 5.60 Å². The van der Waals surface area contributed by atoms with E-state index in [0.29, 0.717) is 19.6 Å². The van der Waals surface area contributed by atoms with Gasteiger partial charge in [0.25, 0.3) is 0 Å². The third-order valence-electron chi connectivity index (χ3n) is 3.47. The summed E-state index contributed by atoms with van der Waals surface area (Å²) in [6, 6.07) is 0.0812. The Labute approximate surface area is 139 Å². The van der Waals surface area contributed by atoms with Gasteiger partial charge in [-0.25, -0.2) is 13.2 Å². The Balaban J connectivity index is 2.27. The fraction of sp³-hybridized carbons (Fsp3) is 0.933. The van der Waals surface area contributed by atoms with E-state index in [2.05, 4.69) is 10.6 Å². The second-order valence-electron chi connectivity index (χ2n) is 6.99. The van der Waals surface area contributed by atoms with Gasteiger partial charge in [0, 0.05) is 25.7 Å². The van der Waals surface area contributed by atoms with Gasteiger partial charge in [-0.1, -0.05) is 0 Å². The zero-order chi connectivity index (χ0) is 17.5. The van der Waals surface area contributed by atoms with Gasteiger partial charge in [0.15, 0.2) is 9.84 Å². The number of hydrogen-bond donors (Lipinski definition) is 2. The molecule has 23 heavy (non-hydrogen) atoms. The van der Waals surface area contributed by atoms with Gasteiger partial charge in [-0.3, -0.25) is 0 Å². The fourth-order valence-electron chi connectivity index (χ4n) is 2.53. The lowest BCUT2D eigenvalue weighted by atomic mass is 10.1. The number of carbonyl (C=O) groups is 1. The Morgan fingerprint density at radius 2 is 2.04 bits per heavy atom. The topological polar surface area (TPSA) is 93.7 Å². The van der Waals surface area contributed by atoms with Crippen LogP contribution < -0.4 is 10.6 Å². The largest absolute Gasteiger partial charge is 0.444 e. The summed E-state index contributed by atoms with van der Waals surface area (Å²) in [4.78, 5) is 11.5. The van der Waals surface area contributed by atoms with Crippen molar-refractivity contribution in [1.82, 2.24) is 10.6 Å². The summed E-state index contributed by atoms with van der Waals surface area (Å²) in [7, 11) is -1.26. The average molecular weight is 350 g/mol. The molecule has 1 heterocycles. The van der Waals surface area contributed by atoms with Crippen LogP contribution in [0, 0.1) is 0 Å². The molecule has 0 bridgehead atoms. The van der Waals surface area contributed by atoms with Gasteiger partial charge in [-0.2, -0.15) is 0 Å². The van der Waals surface area contributed by atoms with Crippen molar-refractivity contribution in [2.24, 2.45) is 0 Å². The van der Waals surface area contributed by atoms with E-state index in [1.165, 1.54) is 0 Å². The smallest absolute Gasteiger partial charge is 0.407 e. The standard InChI is InChI=1S/C15H30N2O5S/c1-15(2,3)22-14(18)16-8-5-6-12(10-21-4)17-13-7-9-23(19,20)11-13/h12-13,17H,5-11H2,1-4H3,(H,16,18). The SMILES string of the molecule is COCC(CCCNC(=O)OC(C)(C)C)NC1CCS(=O)(=O)C1. The number of amides is 1. The van der Waals surface area contributed by atoms with Crippen LogP contribution >= 0.6 is 0 Å². The van der Waals surface area contributed by atoms with Crippen molar-refractivity contribution in [3.63, 3.8) is 0 Å². The maximum Gasteiger partial charge on any atom is 0.407 e. The molecule has 1 rings (SSSR count). The first-order valence-electron chi connectivity index (χ1n) is 8.03. The minimum absolute atomic E-state index is 0.000958. The third kappa shape index (κ3) is 9.12. The summed E-state index contributed by atoms with van der Waals surface area (Å²) in [5.41, 5.74) is -0.502. The Hall–Kier alpha value is -0.860. The quantitative estimate of drug-likeness (QED) is 0.636. The van der Waals surface area contributed by atoms with Crippen LogP contribution in [0.5, 0.6) is 0 Å². The van der Waals surface area contributed by atoms with E-state index in [1.54, 1.807) is 7.11 Å². The molecule has 0 aliphatic carbocycles. The molecule has 1 amide bonds. The minimum Gasteiger partial charge on any atom is -0.444 e. The highest BCUT2D eigenvalue weighted by atomic mass is 32.2. The van der Waals surface area contributed by atoms with Crippen LogP contribution in [0.2, 0.25) is 0 Å². The monoisotopic (exact) mass is 350 g/mol. The zero-order valence-electron chi connectivity index (χ0n) is 14.6. The first-order valence-corrected chi connectivity index (χ1v) is 9.86. The summed E-state index contributed by atoms with van der Waals surface area (Å²) >= 11 is 0. The molecule has 136 valence electrons. The van der Waals surface area contributed by atoms with E-state index >= 15 is 0 Å². The molecule has 2 atom stereocenters. The van der Waals surface area contributed by atoms with Crippen LogP contribution in [0.25, 0.3) is 0 Å². The van der Waals surface area contributed by atoms with Crippen molar-refractivity contribution >= 4 is 15.9 Å².